The van der Waals surface area contributed by atoms with Gasteiger partial charge in [-0.15, -0.1) is 11.6 Å². The number of hydrogen-bond donors (Lipinski definition) is 0. The highest BCUT2D eigenvalue weighted by atomic mass is 79.9. The van der Waals surface area contributed by atoms with E-state index in [1.807, 2.05) is 12.1 Å². The van der Waals surface area contributed by atoms with Crippen molar-refractivity contribution in [3.8, 4) is 0 Å². The molecule has 78 valence electrons. The molecule has 1 unspecified atom stereocenters. The first-order valence-corrected chi connectivity index (χ1v) is 6.34. The Kier molecular flexibility index (Phi) is 4.75. The standard InChI is InChI=1S/C11H13BrCl2/c1-3-7(2)9-5-11(14)8(6-13)4-10(9)12/h4-5,7H,3,6H2,1-2H3. The van der Waals surface area contributed by atoms with Crippen molar-refractivity contribution in [2.24, 2.45) is 0 Å². The highest BCUT2D eigenvalue weighted by molar-refractivity contribution is 9.10. The van der Waals surface area contributed by atoms with Gasteiger partial charge < -0.3 is 0 Å². The minimum absolute atomic E-state index is 0.457. The molecule has 3 heteroatoms. The normalized spacial score (nSPS) is 12.9. The third-order valence-electron chi connectivity index (χ3n) is 2.45. The number of rotatable bonds is 3. The van der Waals surface area contributed by atoms with Crippen LogP contribution in [0.15, 0.2) is 16.6 Å². The van der Waals surface area contributed by atoms with Crippen LogP contribution in [0.4, 0.5) is 0 Å². The van der Waals surface area contributed by atoms with Crippen molar-refractivity contribution in [2.45, 2.75) is 32.1 Å². The predicted molar refractivity (Wildman–Crippen MR) is 67.4 cm³/mol. The summed E-state index contributed by atoms with van der Waals surface area (Å²) >= 11 is 15.4. The summed E-state index contributed by atoms with van der Waals surface area (Å²) in [5, 5.41) is 0.763. The molecule has 0 fully saturated rings. The molecule has 0 amide bonds. The maximum absolute atomic E-state index is 6.10. The molecule has 0 aromatic heterocycles. The highest BCUT2D eigenvalue weighted by Crippen LogP contribution is 2.32. The first-order chi connectivity index (χ1) is 6.60. The van der Waals surface area contributed by atoms with Gasteiger partial charge in [0.05, 0.1) is 0 Å². The SMILES string of the molecule is CCC(C)c1cc(Cl)c(CCl)cc1Br. The van der Waals surface area contributed by atoms with Gasteiger partial charge in [-0.1, -0.05) is 41.4 Å². The lowest BCUT2D eigenvalue weighted by molar-refractivity contribution is 0.730. The quantitative estimate of drug-likeness (QED) is 0.659. The zero-order chi connectivity index (χ0) is 10.7. The van der Waals surface area contributed by atoms with Gasteiger partial charge in [-0.2, -0.15) is 0 Å². The van der Waals surface area contributed by atoms with E-state index in [4.69, 9.17) is 23.2 Å². The molecule has 0 aliphatic carbocycles. The van der Waals surface area contributed by atoms with Crippen molar-refractivity contribution in [1.82, 2.24) is 0 Å². The van der Waals surface area contributed by atoms with Crippen molar-refractivity contribution in [2.75, 3.05) is 0 Å². The van der Waals surface area contributed by atoms with E-state index in [2.05, 4.69) is 29.8 Å². The van der Waals surface area contributed by atoms with Gasteiger partial charge in [-0.3, -0.25) is 0 Å². The summed E-state index contributed by atoms with van der Waals surface area (Å²) in [6.45, 7) is 4.36. The Morgan fingerprint density at radius 1 is 1.43 bits per heavy atom. The first-order valence-electron chi connectivity index (χ1n) is 4.63. The molecule has 14 heavy (non-hydrogen) atoms. The van der Waals surface area contributed by atoms with Crippen LogP contribution in [0, 0.1) is 0 Å². The summed E-state index contributed by atoms with van der Waals surface area (Å²) in [4.78, 5) is 0. The smallest absolute Gasteiger partial charge is 0.0489 e. The second-order valence-electron chi connectivity index (χ2n) is 3.41. The largest absolute Gasteiger partial charge is 0.121 e. The summed E-state index contributed by atoms with van der Waals surface area (Å²) in [6, 6.07) is 4.02. The van der Waals surface area contributed by atoms with E-state index in [9.17, 15) is 0 Å². The summed E-state index contributed by atoms with van der Waals surface area (Å²) in [6.07, 6.45) is 1.11. The zero-order valence-electron chi connectivity index (χ0n) is 8.28. The molecular formula is C11H13BrCl2. The van der Waals surface area contributed by atoms with E-state index in [1.54, 1.807) is 0 Å². The molecule has 0 aliphatic heterocycles. The molecule has 0 nitrogen and oxygen atoms in total. The average Bonchev–Trinajstić information content (AvgIpc) is 2.19. The second kappa shape index (κ2) is 5.39. The van der Waals surface area contributed by atoms with E-state index in [0.29, 0.717) is 11.8 Å². The average molecular weight is 296 g/mol. The van der Waals surface area contributed by atoms with Crippen LogP contribution < -0.4 is 0 Å². The molecular weight excluding hydrogens is 283 g/mol. The summed E-state index contributed by atoms with van der Waals surface area (Å²) < 4.78 is 1.10. The number of hydrogen-bond acceptors (Lipinski definition) is 0. The van der Waals surface area contributed by atoms with E-state index in [1.165, 1.54) is 5.56 Å². The zero-order valence-corrected chi connectivity index (χ0v) is 11.4. The van der Waals surface area contributed by atoms with Gasteiger partial charge in [0.1, 0.15) is 0 Å². The van der Waals surface area contributed by atoms with Crippen molar-refractivity contribution in [1.29, 1.82) is 0 Å². The fourth-order valence-corrected chi connectivity index (χ4v) is 2.61. The fraction of sp³-hybridized carbons (Fsp3) is 0.455. The van der Waals surface area contributed by atoms with E-state index < -0.39 is 0 Å². The van der Waals surface area contributed by atoms with Crippen LogP contribution in [0.25, 0.3) is 0 Å². The third-order valence-corrected chi connectivity index (χ3v) is 3.78. The Bertz CT molecular complexity index is 323. The molecule has 0 saturated heterocycles. The lowest BCUT2D eigenvalue weighted by Gasteiger charge is -2.13. The monoisotopic (exact) mass is 294 g/mol. The van der Waals surface area contributed by atoms with Crippen LogP contribution in [0.3, 0.4) is 0 Å². The molecule has 0 saturated carbocycles. The van der Waals surface area contributed by atoms with Gasteiger partial charge in [-0.05, 0) is 35.6 Å². The predicted octanol–water partition coefficient (Wildman–Crippen LogP) is 5.35. The summed E-state index contributed by atoms with van der Waals surface area (Å²) in [5.74, 6) is 0.976. The van der Waals surface area contributed by atoms with Gasteiger partial charge in [0.25, 0.3) is 0 Å². The van der Waals surface area contributed by atoms with Crippen LogP contribution in [-0.4, -0.2) is 0 Å². The Morgan fingerprint density at radius 2 is 2.07 bits per heavy atom. The Balaban J connectivity index is 3.14. The van der Waals surface area contributed by atoms with Gasteiger partial charge in [0.2, 0.25) is 0 Å². The van der Waals surface area contributed by atoms with Crippen LogP contribution in [0.5, 0.6) is 0 Å². The molecule has 0 N–H and O–H groups in total. The number of benzene rings is 1. The maximum Gasteiger partial charge on any atom is 0.0489 e. The molecule has 1 rings (SSSR count). The first kappa shape index (κ1) is 12.4. The lowest BCUT2D eigenvalue weighted by Crippen LogP contribution is -1.94. The minimum Gasteiger partial charge on any atom is -0.121 e. The minimum atomic E-state index is 0.457. The van der Waals surface area contributed by atoms with E-state index in [-0.39, 0.29) is 0 Å². The van der Waals surface area contributed by atoms with Gasteiger partial charge in [0, 0.05) is 15.4 Å². The highest BCUT2D eigenvalue weighted by Gasteiger charge is 2.10. The van der Waals surface area contributed by atoms with Crippen LogP contribution in [0.2, 0.25) is 5.02 Å². The molecule has 0 spiro atoms. The number of alkyl halides is 1. The Hall–Kier alpha value is 0.280. The maximum atomic E-state index is 6.10. The Morgan fingerprint density at radius 3 is 2.57 bits per heavy atom. The molecule has 1 atom stereocenters. The summed E-state index contributed by atoms with van der Waals surface area (Å²) in [5.41, 5.74) is 2.23. The Labute approximate surface area is 104 Å². The third kappa shape index (κ3) is 2.65. The fourth-order valence-electron chi connectivity index (χ4n) is 1.30. The topological polar surface area (TPSA) is 0 Å². The van der Waals surface area contributed by atoms with Crippen molar-refractivity contribution < 1.29 is 0 Å². The van der Waals surface area contributed by atoms with E-state index >= 15 is 0 Å². The van der Waals surface area contributed by atoms with Crippen LogP contribution >= 0.6 is 39.1 Å². The van der Waals surface area contributed by atoms with Crippen molar-refractivity contribution >= 4 is 39.1 Å². The van der Waals surface area contributed by atoms with Crippen LogP contribution in [-0.2, 0) is 5.88 Å². The molecule has 0 aliphatic rings. The van der Waals surface area contributed by atoms with Gasteiger partial charge in [-0.25, -0.2) is 0 Å². The number of halogens is 3. The lowest BCUT2D eigenvalue weighted by atomic mass is 9.98. The summed E-state index contributed by atoms with van der Waals surface area (Å²) in [7, 11) is 0. The molecule has 0 bridgehead atoms. The molecule has 0 radical (unpaired) electrons. The molecule has 0 heterocycles. The molecule has 1 aromatic carbocycles. The second-order valence-corrected chi connectivity index (χ2v) is 4.94. The van der Waals surface area contributed by atoms with Crippen molar-refractivity contribution in [3.05, 3.63) is 32.8 Å². The van der Waals surface area contributed by atoms with Gasteiger partial charge >= 0.3 is 0 Å². The molecule has 1 aromatic rings. The van der Waals surface area contributed by atoms with Crippen LogP contribution in [0.1, 0.15) is 37.3 Å². The van der Waals surface area contributed by atoms with Crippen molar-refractivity contribution in [3.63, 3.8) is 0 Å². The van der Waals surface area contributed by atoms with Gasteiger partial charge in [0.15, 0.2) is 0 Å². The van der Waals surface area contributed by atoms with E-state index in [0.717, 1.165) is 21.5 Å².